The minimum Gasteiger partial charge on any atom is -0.341 e. The smallest absolute Gasteiger partial charge is 0.253 e. The van der Waals surface area contributed by atoms with Crippen LogP contribution >= 0.6 is 23.2 Å². The number of rotatable bonds is 5. The number of H-pyrrole nitrogens is 1. The second-order valence-electron chi connectivity index (χ2n) is 7.75. The van der Waals surface area contributed by atoms with E-state index in [1.54, 1.807) is 30.0 Å². The van der Waals surface area contributed by atoms with Gasteiger partial charge in [0.05, 0.1) is 15.6 Å². The zero-order chi connectivity index (χ0) is 20.5. The molecular weight excluding hydrogens is 413 g/mol. The lowest BCUT2D eigenvalue weighted by Gasteiger charge is -2.32. The second kappa shape index (κ2) is 8.32. The van der Waals surface area contributed by atoms with Crippen LogP contribution in [0.3, 0.4) is 0 Å². The average Bonchev–Trinajstić information content (AvgIpc) is 3.46. The van der Waals surface area contributed by atoms with E-state index < -0.39 is 11.9 Å². The molecule has 2 aliphatic rings. The number of amides is 2. The molecule has 0 spiro atoms. The molecule has 1 aliphatic heterocycles. The SMILES string of the molecule is CC(NC(=O)c1cccc(Cl)c1Cl)C(=O)N1CCC(c2nc(C3CC3)n[nH]2)CC1. The minimum absolute atomic E-state index is 0.105. The number of carbonyl (C=O) groups excluding carboxylic acids is 2. The highest BCUT2D eigenvalue weighted by Gasteiger charge is 2.32. The van der Waals surface area contributed by atoms with E-state index >= 15 is 0 Å². The standard InChI is InChI=1S/C20H23Cl2N5O2/c1-11(23-19(28)14-3-2-4-15(21)16(14)22)20(29)27-9-7-13(8-10-27)18-24-17(25-26-18)12-5-6-12/h2-4,11-13H,5-10H2,1H3,(H,23,28)(H,24,25,26). The summed E-state index contributed by atoms with van der Waals surface area (Å²) < 4.78 is 0. The fourth-order valence-electron chi connectivity index (χ4n) is 3.66. The van der Waals surface area contributed by atoms with Gasteiger partial charge in [0.2, 0.25) is 5.91 Å². The first-order valence-electron chi connectivity index (χ1n) is 9.90. The maximum atomic E-state index is 12.8. The van der Waals surface area contributed by atoms with E-state index in [4.69, 9.17) is 23.2 Å². The Hall–Kier alpha value is -2.12. The van der Waals surface area contributed by atoms with Crippen LogP contribution in [0.2, 0.25) is 10.0 Å². The number of aromatic amines is 1. The average molecular weight is 436 g/mol. The first-order valence-corrected chi connectivity index (χ1v) is 10.7. The second-order valence-corrected chi connectivity index (χ2v) is 8.53. The van der Waals surface area contributed by atoms with E-state index in [0.717, 1.165) is 24.5 Å². The lowest BCUT2D eigenvalue weighted by molar-refractivity contribution is -0.133. The van der Waals surface area contributed by atoms with Crippen molar-refractivity contribution in [3.63, 3.8) is 0 Å². The Labute approximate surface area is 179 Å². The van der Waals surface area contributed by atoms with Crippen LogP contribution in [0.4, 0.5) is 0 Å². The summed E-state index contributed by atoms with van der Waals surface area (Å²) in [6, 6.07) is 4.19. The molecule has 2 heterocycles. The van der Waals surface area contributed by atoms with Gasteiger partial charge in [-0.3, -0.25) is 14.7 Å². The van der Waals surface area contributed by atoms with Crippen molar-refractivity contribution in [2.24, 2.45) is 0 Å². The number of hydrogen-bond donors (Lipinski definition) is 2. The summed E-state index contributed by atoms with van der Waals surface area (Å²) in [6.07, 6.45) is 4.00. The summed E-state index contributed by atoms with van der Waals surface area (Å²) >= 11 is 12.1. The molecule has 9 heteroatoms. The molecular formula is C20H23Cl2N5O2. The van der Waals surface area contributed by atoms with Gasteiger partial charge in [0, 0.05) is 24.9 Å². The fourth-order valence-corrected chi connectivity index (χ4v) is 4.04. The highest BCUT2D eigenvalue weighted by molar-refractivity contribution is 6.43. The molecule has 0 radical (unpaired) electrons. The van der Waals surface area contributed by atoms with E-state index in [0.29, 0.717) is 24.0 Å². The van der Waals surface area contributed by atoms with E-state index in [-0.39, 0.29) is 22.4 Å². The summed E-state index contributed by atoms with van der Waals surface area (Å²) in [5.41, 5.74) is 0.259. The molecule has 154 valence electrons. The normalized spacial score (nSPS) is 18.5. The molecule has 0 bridgehead atoms. The fraction of sp³-hybridized carbons (Fsp3) is 0.500. The third kappa shape index (κ3) is 4.41. The number of hydrogen-bond acceptors (Lipinski definition) is 4. The number of halogens is 2. The summed E-state index contributed by atoms with van der Waals surface area (Å²) in [5.74, 6) is 2.15. The number of benzene rings is 1. The summed E-state index contributed by atoms with van der Waals surface area (Å²) in [5, 5.41) is 10.6. The van der Waals surface area contributed by atoms with Gasteiger partial charge in [-0.1, -0.05) is 29.3 Å². The zero-order valence-electron chi connectivity index (χ0n) is 16.1. The maximum absolute atomic E-state index is 12.8. The van der Waals surface area contributed by atoms with Crippen LogP contribution in [0, 0.1) is 0 Å². The predicted octanol–water partition coefficient (Wildman–Crippen LogP) is 3.51. The molecule has 4 rings (SSSR count). The van der Waals surface area contributed by atoms with Gasteiger partial charge in [-0.05, 0) is 44.7 Å². The van der Waals surface area contributed by atoms with Gasteiger partial charge in [-0.15, -0.1) is 0 Å². The van der Waals surface area contributed by atoms with Crippen molar-refractivity contribution in [2.45, 2.75) is 50.5 Å². The van der Waals surface area contributed by atoms with E-state index in [9.17, 15) is 9.59 Å². The lowest BCUT2D eigenvalue weighted by atomic mass is 9.95. The van der Waals surface area contributed by atoms with Crippen molar-refractivity contribution in [1.29, 1.82) is 0 Å². The Morgan fingerprint density at radius 1 is 1.17 bits per heavy atom. The number of nitrogens with zero attached hydrogens (tertiary/aromatic N) is 3. The molecule has 2 N–H and O–H groups in total. The van der Waals surface area contributed by atoms with Crippen molar-refractivity contribution in [1.82, 2.24) is 25.4 Å². The predicted molar refractivity (Wildman–Crippen MR) is 110 cm³/mol. The van der Waals surface area contributed by atoms with Crippen LogP contribution < -0.4 is 5.32 Å². The first-order chi connectivity index (χ1) is 13.9. The van der Waals surface area contributed by atoms with Crippen LogP contribution in [0.25, 0.3) is 0 Å². The van der Waals surface area contributed by atoms with E-state index in [1.165, 1.54) is 12.8 Å². The topological polar surface area (TPSA) is 91.0 Å². The van der Waals surface area contributed by atoms with Gasteiger partial charge in [0.15, 0.2) is 5.82 Å². The Morgan fingerprint density at radius 3 is 2.59 bits per heavy atom. The molecule has 1 aromatic carbocycles. The molecule has 1 saturated carbocycles. The lowest BCUT2D eigenvalue weighted by Crippen LogP contribution is -2.49. The molecule has 1 atom stereocenters. The molecule has 2 aromatic rings. The van der Waals surface area contributed by atoms with Crippen LogP contribution in [0.5, 0.6) is 0 Å². The Bertz CT molecular complexity index is 919. The van der Waals surface area contributed by atoms with Gasteiger partial charge in [0.25, 0.3) is 5.91 Å². The number of carbonyl (C=O) groups is 2. The van der Waals surface area contributed by atoms with Gasteiger partial charge in [-0.2, -0.15) is 5.10 Å². The van der Waals surface area contributed by atoms with Crippen molar-refractivity contribution in [3.05, 3.63) is 45.5 Å². The van der Waals surface area contributed by atoms with Gasteiger partial charge >= 0.3 is 0 Å². The minimum atomic E-state index is -0.652. The molecule has 7 nitrogen and oxygen atoms in total. The van der Waals surface area contributed by atoms with Gasteiger partial charge in [0.1, 0.15) is 11.9 Å². The molecule has 1 aliphatic carbocycles. The maximum Gasteiger partial charge on any atom is 0.253 e. The molecule has 1 aromatic heterocycles. The number of likely N-dealkylation sites (tertiary alicyclic amines) is 1. The van der Waals surface area contributed by atoms with Crippen molar-refractivity contribution in [3.8, 4) is 0 Å². The van der Waals surface area contributed by atoms with Crippen LogP contribution in [0.15, 0.2) is 18.2 Å². The van der Waals surface area contributed by atoms with Gasteiger partial charge < -0.3 is 10.2 Å². The highest BCUT2D eigenvalue weighted by atomic mass is 35.5. The monoisotopic (exact) mass is 435 g/mol. The number of piperidine rings is 1. The molecule has 2 fully saturated rings. The Morgan fingerprint density at radius 2 is 1.90 bits per heavy atom. The first kappa shape index (κ1) is 20.2. The third-order valence-corrected chi connectivity index (χ3v) is 6.39. The van der Waals surface area contributed by atoms with Crippen molar-refractivity contribution >= 4 is 35.0 Å². The highest BCUT2D eigenvalue weighted by Crippen LogP contribution is 2.38. The molecule has 1 unspecified atom stereocenters. The number of aromatic nitrogens is 3. The van der Waals surface area contributed by atoms with Gasteiger partial charge in [-0.25, -0.2) is 4.98 Å². The molecule has 29 heavy (non-hydrogen) atoms. The van der Waals surface area contributed by atoms with Crippen LogP contribution in [-0.2, 0) is 4.79 Å². The summed E-state index contributed by atoms with van der Waals surface area (Å²) in [4.78, 5) is 31.7. The molecule has 2 amide bonds. The molecule has 1 saturated heterocycles. The summed E-state index contributed by atoms with van der Waals surface area (Å²) in [7, 11) is 0. The van der Waals surface area contributed by atoms with E-state index in [1.807, 2.05) is 0 Å². The van der Waals surface area contributed by atoms with Crippen molar-refractivity contribution in [2.75, 3.05) is 13.1 Å². The van der Waals surface area contributed by atoms with E-state index in [2.05, 4.69) is 20.5 Å². The van der Waals surface area contributed by atoms with Crippen LogP contribution in [0.1, 0.15) is 66.4 Å². The number of nitrogens with one attached hydrogen (secondary N) is 2. The summed E-state index contributed by atoms with van der Waals surface area (Å²) in [6.45, 7) is 2.94. The van der Waals surface area contributed by atoms with Crippen LogP contribution in [-0.4, -0.2) is 51.0 Å². The Kier molecular flexibility index (Phi) is 5.79. The quantitative estimate of drug-likeness (QED) is 0.751. The largest absolute Gasteiger partial charge is 0.341 e. The zero-order valence-corrected chi connectivity index (χ0v) is 17.6. The Balaban J connectivity index is 1.31. The van der Waals surface area contributed by atoms with Crippen molar-refractivity contribution < 1.29 is 9.59 Å². The third-order valence-electron chi connectivity index (χ3n) is 5.57.